The van der Waals surface area contributed by atoms with Gasteiger partial charge >= 0.3 is 0 Å². The van der Waals surface area contributed by atoms with Crippen LogP contribution >= 0.6 is 0 Å². The first kappa shape index (κ1) is 22.5. The molecule has 0 N–H and O–H groups in total. The van der Waals surface area contributed by atoms with E-state index in [1.807, 2.05) is 61.5 Å². The van der Waals surface area contributed by atoms with Crippen LogP contribution in [0, 0.1) is 11.3 Å². The second kappa shape index (κ2) is 10.3. The Morgan fingerprint density at radius 3 is 2.35 bits per heavy atom. The number of sulfonamides is 1. The van der Waals surface area contributed by atoms with Crippen molar-refractivity contribution < 1.29 is 13.2 Å². The zero-order valence-corrected chi connectivity index (χ0v) is 18.5. The maximum atomic E-state index is 13.5. The van der Waals surface area contributed by atoms with Crippen molar-refractivity contribution in [1.82, 2.24) is 4.31 Å². The normalized spacial score (nSPS) is 12.3. The van der Waals surface area contributed by atoms with Gasteiger partial charge in [0.15, 0.2) is 0 Å². The lowest BCUT2D eigenvalue weighted by molar-refractivity contribution is 0.323. The van der Waals surface area contributed by atoms with E-state index in [0.29, 0.717) is 17.5 Å². The Bertz CT molecular complexity index is 1150. The average Bonchev–Trinajstić information content (AvgIpc) is 2.78. The van der Waals surface area contributed by atoms with Crippen molar-refractivity contribution in [2.75, 3.05) is 7.11 Å². The molecule has 0 aliphatic carbocycles. The number of methoxy groups -OCH3 is 1. The summed E-state index contributed by atoms with van der Waals surface area (Å²) in [4.78, 5) is 0. The molecule has 0 saturated heterocycles. The first-order chi connectivity index (χ1) is 14.9. The molecule has 5 nitrogen and oxygen atoms in total. The summed E-state index contributed by atoms with van der Waals surface area (Å²) in [7, 11) is -2.04. The van der Waals surface area contributed by atoms with Crippen LogP contribution in [0.25, 0.3) is 0 Å². The number of hydrogen-bond acceptors (Lipinski definition) is 4. The monoisotopic (exact) mass is 434 g/mol. The third-order valence-electron chi connectivity index (χ3n) is 5.14. The zero-order chi connectivity index (χ0) is 22.3. The van der Waals surface area contributed by atoms with Crippen LogP contribution in [0.5, 0.6) is 5.75 Å². The Labute approximate surface area is 184 Å². The molecule has 3 aromatic carbocycles. The summed E-state index contributed by atoms with van der Waals surface area (Å²) in [6.07, 6.45) is 0.522. The van der Waals surface area contributed by atoms with Crippen LogP contribution < -0.4 is 4.74 Å². The van der Waals surface area contributed by atoms with Gasteiger partial charge in [-0.1, -0.05) is 60.7 Å². The Morgan fingerprint density at radius 2 is 1.65 bits per heavy atom. The van der Waals surface area contributed by atoms with Gasteiger partial charge in [-0.3, -0.25) is 0 Å². The van der Waals surface area contributed by atoms with Crippen LogP contribution in [0.3, 0.4) is 0 Å². The van der Waals surface area contributed by atoms with E-state index in [9.17, 15) is 8.42 Å². The first-order valence-electron chi connectivity index (χ1n) is 10.1. The van der Waals surface area contributed by atoms with Gasteiger partial charge in [0.25, 0.3) is 0 Å². The van der Waals surface area contributed by atoms with Gasteiger partial charge in [0.2, 0.25) is 10.0 Å². The van der Waals surface area contributed by atoms with Crippen LogP contribution in [0.2, 0.25) is 0 Å². The van der Waals surface area contributed by atoms with E-state index in [2.05, 4.69) is 6.07 Å². The van der Waals surface area contributed by atoms with E-state index in [-0.39, 0.29) is 18.3 Å². The molecule has 1 unspecified atom stereocenters. The summed E-state index contributed by atoms with van der Waals surface area (Å²) in [6.45, 7) is 2.19. The molecule has 0 aliphatic rings. The van der Waals surface area contributed by atoms with Gasteiger partial charge in [-0.05, 0) is 48.2 Å². The van der Waals surface area contributed by atoms with Crippen molar-refractivity contribution >= 4 is 10.0 Å². The van der Waals surface area contributed by atoms with Gasteiger partial charge in [-0.15, -0.1) is 0 Å². The fourth-order valence-corrected chi connectivity index (χ4v) is 5.34. The van der Waals surface area contributed by atoms with E-state index in [1.54, 1.807) is 35.7 Å². The van der Waals surface area contributed by atoms with Crippen LogP contribution in [0.1, 0.15) is 29.2 Å². The van der Waals surface area contributed by atoms with Gasteiger partial charge in [0.1, 0.15) is 5.75 Å². The Hall–Kier alpha value is -3.14. The molecule has 0 aromatic heterocycles. The summed E-state index contributed by atoms with van der Waals surface area (Å²) in [5, 5.41) is 9.14. The molecule has 160 valence electrons. The van der Waals surface area contributed by atoms with E-state index in [0.717, 1.165) is 16.9 Å². The summed E-state index contributed by atoms with van der Waals surface area (Å²) >= 11 is 0. The molecule has 1 atom stereocenters. The molecule has 0 fully saturated rings. The Morgan fingerprint density at radius 1 is 0.968 bits per heavy atom. The number of nitrogens with zero attached hydrogens (tertiary/aromatic N) is 2. The molecular formula is C25H26N2O3S. The minimum Gasteiger partial charge on any atom is -0.496 e. The predicted molar refractivity (Wildman–Crippen MR) is 122 cm³/mol. The molecule has 0 bridgehead atoms. The standard InChI is InChI=1S/C25H26N2O3S/c1-20(15-24-13-6-7-14-25(24)30-2)27(18-21-9-4-3-5-10-21)31(28,29)19-23-12-8-11-22(16-23)17-26/h3-14,16,20H,15,18-19H2,1-2H3. The fourth-order valence-electron chi connectivity index (χ4n) is 3.61. The molecule has 3 aromatic rings. The smallest absolute Gasteiger partial charge is 0.218 e. The average molecular weight is 435 g/mol. The number of benzene rings is 3. The summed E-state index contributed by atoms with van der Waals surface area (Å²) in [5.74, 6) is 0.583. The molecule has 0 heterocycles. The van der Waals surface area contributed by atoms with Crippen LogP contribution in [-0.2, 0) is 28.7 Å². The van der Waals surface area contributed by atoms with E-state index >= 15 is 0 Å². The summed E-state index contributed by atoms with van der Waals surface area (Å²) in [6, 6.07) is 25.8. The van der Waals surface area contributed by atoms with Crippen molar-refractivity contribution in [3.8, 4) is 11.8 Å². The van der Waals surface area contributed by atoms with Gasteiger partial charge in [0, 0.05) is 12.6 Å². The minimum absolute atomic E-state index is 0.161. The second-order valence-electron chi connectivity index (χ2n) is 7.46. The number of hydrogen-bond donors (Lipinski definition) is 0. The van der Waals surface area contributed by atoms with E-state index in [4.69, 9.17) is 10.00 Å². The maximum Gasteiger partial charge on any atom is 0.218 e. The Balaban J connectivity index is 1.91. The van der Waals surface area contributed by atoms with Gasteiger partial charge in [0.05, 0.1) is 24.5 Å². The zero-order valence-electron chi connectivity index (χ0n) is 17.7. The van der Waals surface area contributed by atoms with Crippen molar-refractivity contribution in [3.05, 3.63) is 101 Å². The first-order valence-corrected chi connectivity index (χ1v) is 11.7. The number of para-hydroxylation sites is 1. The fraction of sp³-hybridized carbons (Fsp3) is 0.240. The molecule has 0 radical (unpaired) electrons. The topological polar surface area (TPSA) is 70.4 Å². The highest BCUT2D eigenvalue weighted by Gasteiger charge is 2.28. The lowest BCUT2D eigenvalue weighted by Crippen LogP contribution is -2.40. The maximum absolute atomic E-state index is 13.5. The lowest BCUT2D eigenvalue weighted by Gasteiger charge is -2.29. The third-order valence-corrected chi connectivity index (χ3v) is 7.04. The lowest BCUT2D eigenvalue weighted by atomic mass is 10.1. The molecule has 31 heavy (non-hydrogen) atoms. The molecule has 0 aliphatic heterocycles. The van der Waals surface area contributed by atoms with Crippen molar-refractivity contribution in [2.45, 2.75) is 31.7 Å². The highest BCUT2D eigenvalue weighted by atomic mass is 32.2. The second-order valence-corrected chi connectivity index (χ2v) is 9.39. The SMILES string of the molecule is COc1ccccc1CC(C)N(Cc1ccccc1)S(=O)(=O)Cc1cccc(C#N)c1. The molecular weight excluding hydrogens is 408 g/mol. The highest BCUT2D eigenvalue weighted by molar-refractivity contribution is 7.88. The quantitative estimate of drug-likeness (QED) is 0.496. The van der Waals surface area contributed by atoms with E-state index < -0.39 is 10.0 Å². The van der Waals surface area contributed by atoms with Crippen molar-refractivity contribution in [2.24, 2.45) is 0 Å². The van der Waals surface area contributed by atoms with Crippen LogP contribution in [0.15, 0.2) is 78.9 Å². The van der Waals surface area contributed by atoms with Crippen molar-refractivity contribution in [1.29, 1.82) is 5.26 Å². The highest BCUT2D eigenvalue weighted by Crippen LogP contribution is 2.24. The number of rotatable bonds is 9. The molecule has 6 heteroatoms. The van der Waals surface area contributed by atoms with Gasteiger partial charge < -0.3 is 4.74 Å². The third kappa shape index (κ3) is 5.94. The number of ether oxygens (including phenoxy) is 1. The van der Waals surface area contributed by atoms with Crippen LogP contribution in [-0.4, -0.2) is 25.9 Å². The minimum atomic E-state index is -3.65. The van der Waals surface area contributed by atoms with Gasteiger partial charge in [-0.25, -0.2) is 8.42 Å². The largest absolute Gasteiger partial charge is 0.496 e. The van der Waals surface area contributed by atoms with Crippen LogP contribution in [0.4, 0.5) is 0 Å². The Kier molecular flexibility index (Phi) is 7.45. The van der Waals surface area contributed by atoms with E-state index in [1.165, 1.54) is 0 Å². The molecule has 0 saturated carbocycles. The summed E-state index contributed by atoms with van der Waals surface area (Å²) < 4.78 is 34.0. The molecule has 3 rings (SSSR count). The number of nitriles is 1. The van der Waals surface area contributed by atoms with Gasteiger partial charge in [-0.2, -0.15) is 9.57 Å². The predicted octanol–water partition coefficient (Wildman–Crippen LogP) is 4.53. The molecule has 0 amide bonds. The summed E-state index contributed by atoms with van der Waals surface area (Å²) in [5.41, 5.74) is 2.92. The van der Waals surface area contributed by atoms with Crippen molar-refractivity contribution in [3.63, 3.8) is 0 Å². The molecule has 0 spiro atoms.